The number of carbonyl (C=O) groups excluding carboxylic acids is 2. The van der Waals surface area contributed by atoms with E-state index in [1.54, 1.807) is 0 Å². The molecular formula is C13H24N2O3S. The zero-order valence-electron chi connectivity index (χ0n) is 11.8. The number of carbonyl (C=O) groups is 2. The van der Waals surface area contributed by atoms with Crippen molar-refractivity contribution in [3.63, 3.8) is 0 Å². The maximum atomic E-state index is 11.9. The first-order chi connectivity index (χ1) is 9.04. The highest BCUT2D eigenvalue weighted by atomic mass is 32.2. The molecule has 5 nitrogen and oxygen atoms in total. The molecule has 110 valence electrons. The van der Waals surface area contributed by atoms with Crippen LogP contribution in [0.5, 0.6) is 0 Å². The normalized spacial score (nSPS) is 18.2. The van der Waals surface area contributed by atoms with Gasteiger partial charge in [-0.2, -0.15) is 11.8 Å². The predicted octanol–water partition coefficient (Wildman–Crippen LogP) is 0.869. The number of rotatable bonds is 6. The van der Waals surface area contributed by atoms with Crippen LogP contribution in [0.2, 0.25) is 0 Å². The van der Waals surface area contributed by atoms with Gasteiger partial charge >= 0.3 is 5.97 Å². The van der Waals surface area contributed by atoms with Gasteiger partial charge in [-0.25, -0.2) is 0 Å². The molecular weight excluding hydrogens is 264 g/mol. The van der Waals surface area contributed by atoms with Crippen molar-refractivity contribution in [2.45, 2.75) is 32.2 Å². The van der Waals surface area contributed by atoms with Crippen molar-refractivity contribution < 1.29 is 14.3 Å². The lowest BCUT2D eigenvalue weighted by Gasteiger charge is -2.30. The first kappa shape index (κ1) is 16.3. The highest BCUT2D eigenvalue weighted by Crippen LogP contribution is 2.17. The van der Waals surface area contributed by atoms with Crippen LogP contribution in [0.1, 0.15) is 26.2 Å². The summed E-state index contributed by atoms with van der Waals surface area (Å²) >= 11 is 1.53. The number of likely N-dealkylation sites (tertiary alicyclic amines) is 1. The molecule has 2 N–H and O–H groups in total. The van der Waals surface area contributed by atoms with E-state index in [1.165, 1.54) is 18.9 Å². The number of amides is 1. The SMILES string of the molecule is COC(=O)C(N)CCSCC(=O)N1CCC(C)CC1. The Morgan fingerprint density at radius 2 is 2.05 bits per heavy atom. The van der Waals surface area contributed by atoms with Crippen molar-refractivity contribution in [3.8, 4) is 0 Å². The molecule has 0 bridgehead atoms. The lowest BCUT2D eigenvalue weighted by molar-refractivity contribution is -0.142. The van der Waals surface area contributed by atoms with Gasteiger partial charge in [0.05, 0.1) is 12.9 Å². The van der Waals surface area contributed by atoms with Crippen molar-refractivity contribution in [2.75, 3.05) is 31.7 Å². The highest BCUT2D eigenvalue weighted by Gasteiger charge is 2.20. The predicted molar refractivity (Wildman–Crippen MR) is 76.9 cm³/mol. The van der Waals surface area contributed by atoms with E-state index in [4.69, 9.17) is 5.73 Å². The fourth-order valence-electron chi connectivity index (χ4n) is 1.99. The first-order valence-electron chi connectivity index (χ1n) is 6.73. The summed E-state index contributed by atoms with van der Waals surface area (Å²) in [6, 6.07) is -0.580. The van der Waals surface area contributed by atoms with E-state index in [2.05, 4.69) is 11.7 Å². The molecule has 1 rings (SSSR count). The van der Waals surface area contributed by atoms with E-state index in [9.17, 15) is 9.59 Å². The molecule has 1 fully saturated rings. The number of nitrogens with zero attached hydrogens (tertiary/aromatic N) is 1. The van der Waals surface area contributed by atoms with Gasteiger partial charge in [-0.1, -0.05) is 6.92 Å². The minimum atomic E-state index is -0.580. The van der Waals surface area contributed by atoms with Gasteiger partial charge in [-0.3, -0.25) is 9.59 Å². The summed E-state index contributed by atoms with van der Waals surface area (Å²) in [7, 11) is 1.33. The third-order valence-electron chi connectivity index (χ3n) is 3.44. The van der Waals surface area contributed by atoms with Crippen LogP contribution < -0.4 is 5.73 Å². The Morgan fingerprint density at radius 1 is 1.42 bits per heavy atom. The number of piperidine rings is 1. The molecule has 1 atom stereocenters. The maximum Gasteiger partial charge on any atom is 0.322 e. The van der Waals surface area contributed by atoms with Gasteiger partial charge in [0.2, 0.25) is 5.91 Å². The third kappa shape index (κ3) is 5.82. The van der Waals surface area contributed by atoms with Crippen molar-refractivity contribution in [3.05, 3.63) is 0 Å². The summed E-state index contributed by atoms with van der Waals surface area (Å²) in [6.45, 7) is 3.98. The number of hydrogen-bond acceptors (Lipinski definition) is 5. The highest BCUT2D eigenvalue weighted by molar-refractivity contribution is 7.99. The molecule has 1 amide bonds. The zero-order valence-corrected chi connectivity index (χ0v) is 12.6. The fourth-order valence-corrected chi connectivity index (χ4v) is 2.91. The molecule has 1 aliphatic heterocycles. The van der Waals surface area contributed by atoms with E-state index in [0.717, 1.165) is 31.8 Å². The Labute approximate surface area is 119 Å². The van der Waals surface area contributed by atoms with Crippen LogP contribution in [0.3, 0.4) is 0 Å². The monoisotopic (exact) mass is 288 g/mol. The van der Waals surface area contributed by atoms with Crippen LogP contribution >= 0.6 is 11.8 Å². The zero-order chi connectivity index (χ0) is 14.3. The molecule has 0 saturated carbocycles. The van der Waals surface area contributed by atoms with E-state index < -0.39 is 12.0 Å². The van der Waals surface area contributed by atoms with E-state index in [0.29, 0.717) is 17.9 Å². The Hall–Kier alpha value is -0.750. The number of thioether (sulfide) groups is 1. The van der Waals surface area contributed by atoms with Gasteiger partial charge < -0.3 is 15.4 Å². The van der Waals surface area contributed by atoms with Crippen LogP contribution in [0.15, 0.2) is 0 Å². The quantitative estimate of drug-likeness (QED) is 0.580. The first-order valence-corrected chi connectivity index (χ1v) is 7.89. The van der Waals surface area contributed by atoms with Gasteiger partial charge in [0.1, 0.15) is 6.04 Å². The second kappa shape index (κ2) is 8.43. The van der Waals surface area contributed by atoms with Crippen molar-refractivity contribution in [1.82, 2.24) is 4.90 Å². The minimum absolute atomic E-state index is 0.198. The third-order valence-corrected chi connectivity index (χ3v) is 4.41. The second-order valence-corrected chi connectivity index (χ2v) is 6.14. The van der Waals surface area contributed by atoms with Crippen molar-refractivity contribution in [2.24, 2.45) is 11.7 Å². The van der Waals surface area contributed by atoms with Gasteiger partial charge in [0.15, 0.2) is 0 Å². The molecule has 1 aliphatic rings. The standard InChI is InChI=1S/C13H24N2O3S/c1-10-3-6-15(7-4-10)12(16)9-19-8-5-11(14)13(17)18-2/h10-11H,3-9,14H2,1-2H3. The molecule has 0 radical (unpaired) electrons. The number of methoxy groups -OCH3 is 1. The molecule has 0 spiro atoms. The summed E-state index contributed by atoms with van der Waals surface area (Å²) in [6.07, 6.45) is 2.74. The largest absolute Gasteiger partial charge is 0.468 e. The molecule has 6 heteroatoms. The Kier molecular flexibility index (Phi) is 7.23. The fraction of sp³-hybridized carbons (Fsp3) is 0.846. The Morgan fingerprint density at radius 3 is 2.63 bits per heavy atom. The molecule has 0 aliphatic carbocycles. The molecule has 0 aromatic rings. The van der Waals surface area contributed by atoms with Crippen LogP contribution in [0.25, 0.3) is 0 Å². The second-order valence-electron chi connectivity index (χ2n) is 5.03. The average molecular weight is 288 g/mol. The summed E-state index contributed by atoms with van der Waals surface area (Å²) < 4.78 is 4.55. The van der Waals surface area contributed by atoms with Gasteiger partial charge in [0, 0.05) is 13.1 Å². The van der Waals surface area contributed by atoms with Crippen LogP contribution in [0.4, 0.5) is 0 Å². The molecule has 1 unspecified atom stereocenters. The van der Waals surface area contributed by atoms with E-state index in [1.807, 2.05) is 4.90 Å². The van der Waals surface area contributed by atoms with Crippen molar-refractivity contribution in [1.29, 1.82) is 0 Å². The minimum Gasteiger partial charge on any atom is -0.468 e. The number of esters is 1. The maximum absolute atomic E-state index is 11.9. The smallest absolute Gasteiger partial charge is 0.322 e. The Bertz CT molecular complexity index is 304. The van der Waals surface area contributed by atoms with Crippen molar-refractivity contribution >= 4 is 23.6 Å². The molecule has 0 aromatic heterocycles. The summed E-state index contributed by atoms with van der Waals surface area (Å²) in [5.41, 5.74) is 5.62. The lowest BCUT2D eigenvalue weighted by atomic mass is 9.99. The number of ether oxygens (including phenoxy) is 1. The summed E-state index contributed by atoms with van der Waals surface area (Å²) in [4.78, 5) is 24.9. The molecule has 0 aromatic carbocycles. The van der Waals surface area contributed by atoms with Gasteiger partial charge in [0.25, 0.3) is 0 Å². The topological polar surface area (TPSA) is 72.6 Å². The molecule has 1 heterocycles. The number of nitrogens with two attached hydrogens (primary N) is 1. The molecule has 19 heavy (non-hydrogen) atoms. The summed E-state index contributed by atoms with van der Waals surface area (Å²) in [5, 5.41) is 0. The van der Waals surface area contributed by atoms with Gasteiger partial charge in [-0.05, 0) is 30.9 Å². The Balaban J connectivity index is 2.12. The van der Waals surface area contributed by atoms with E-state index in [-0.39, 0.29) is 5.91 Å². The van der Waals surface area contributed by atoms with Crippen LogP contribution in [0, 0.1) is 5.92 Å². The van der Waals surface area contributed by atoms with Gasteiger partial charge in [-0.15, -0.1) is 0 Å². The van der Waals surface area contributed by atoms with E-state index >= 15 is 0 Å². The lowest BCUT2D eigenvalue weighted by Crippen LogP contribution is -2.39. The molecule has 1 saturated heterocycles. The van der Waals surface area contributed by atoms with Crippen LogP contribution in [-0.4, -0.2) is 54.5 Å². The number of hydrogen-bond donors (Lipinski definition) is 1. The van der Waals surface area contributed by atoms with Crippen LogP contribution in [-0.2, 0) is 14.3 Å². The average Bonchev–Trinajstić information content (AvgIpc) is 2.42. The summed E-state index contributed by atoms with van der Waals surface area (Å²) in [5.74, 6) is 1.71.